The number of aliphatic imine (C=N–C) groups is 1. The molecule has 0 bridgehead atoms. The van der Waals surface area contributed by atoms with Gasteiger partial charge in [0.25, 0.3) is 0 Å². The second-order valence-electron chi connectivity index (χ2n) is 5.92. The van der Waals surface area contributed by atoms with Gasteiger partial charge >= 0.3 is 5.97 Å². The average molecular weight is 334 g/mol. The average Bonchev–Trinajstić information content (AvgIpc) is 2.66. The highest BCUT2D eigenvalue weighted by Crippen LogP contribution is 2.40. The topological polar surface area (TPSA) is 41.9 Å². The number of ether oxygens (including phenoxy) is 1. The predicted molar refractivity (Wildman–Crippen MR) is 101 cm³/mol. The fourth-order valence-electron chi connectivity index (χ4n) is 3.15. The molecular formula is C21H22N2O2. The third-order valence-corrected chi connectivity index (χ3v) is 4.33. The maximum absolute atomic E-state index is 12.1. The molecule has 1 atom stereocenters. The zero-order valence-corrected chi connectivity index (χ0v) is 14.4. The van der Waals surface area contributed by atoms with Gasteiger partial charge in [0.1, 0.15) is 5.84 Å². The Bertz CT molecular complexity index is 783. The normalized spacial score (nSPS) is 16.0. The largest absolute Gasteiger partial charge is 0.469 e. The maximum atomic E-state index is 12.1. The van der Waals surface area contributed by atoms with E-state index < -0.39 is 0 Å². The molecule has 1 aliphatic rings. The first-order valence-corrected chi connectivity index (χ1v) is 8.43. The van der Waals surface area contributed by atoms with Crippen molar-refractivity contribution in [2.45, 2.75) is 25.3 Å². The van der Waals surface area contributed by atoms with Gasteiger partial charge in [0, 0.05) is 17.7 Å². The van der Waals surface area contributed by atoms with Crippen molar-refractivity contribution in [1.29, 1.82) is 0 Å². The van der Waals surface area contributed by atoms with E-state index in [0.717, 1.165) is 35.6 Å². The maximum Gasteiger partial charge on any atom is 0.307 e. The number of hydrogen-bond acceptors (Lipinski definition) is 4. The van der Waals surface area contributed by atoms with Crippen LogP contribution in [0.5, 0.6) is 0 Å². The van der Waals surface area contributed by atoms with E-state index in [1.165, 1.54) is 7.11 Å². The number of rotatable bonds is 6. The molecule has 0 fully saturated rings. The molecule has 1 aliphatic heterocycles. The van der Waals surface area contributed by atoms with Gasteiger partial charge in [-0.2, -0.15) is 0 Å². The Hall–Kier alpha value is -2.88. The van der Waals surface area contributed by atoms with Crippen LogP contribution in [0.4, 0.5) is 11.4 Å². The van der Waals surface area contributed by atoms with Gasteiger partial charge in [0.05, 0.1) is 25.3 Å². The summed E-state index contributed by atoms with van der Waals surface area (Å²) < 4.78 is 4.95. The molecule has 0 radical (unpaired) electrons. The van der Waals surface area contributed by atoms with Crippen molar-refractivity contribution < 1.29 is 9.53 Å². The van der Waals surface area contributed by atoms with Crippen molar-refractivity contribution in [2.75, 3.05) is 12.0 Å². The third-order valence-electron chi connectivity index (χ3n) is 4.33. The molecule has 0 aliphatic carbocycles. The fraction of sp³-hybridized carbons (Fsp3) is 0.238. The minimum absolute atomic E-state index is 0.136. The minimum Gasteiger partial charge on any atom is -0.469 e. The zero-order chi connectivity index (χ0) is 17.6. The molecule has 4 heteroatoms. The smallest absolute Gasteiger partial charge is 0.307 e. The molecule has 0 N–H and O–H groups in total. The number of hydrogen-bond donors (Lipinski definition) is 0. The second-order valence-corrected chi connectivity index (χ2v) is 5.92. The van der Waals surface area contributed by atoms with Crippen LogP contribution in [0.1, 0.15) is 30.9 Å². The summed E-state index contributed by atoms with van der Waals surface area (Å²) in [6.45, 7) is 3.82. The summed E-state index contributed by atoms with van der Waals surface area (Å²) in [7, 11) is 1.43. The number of benzene rings is 2. The number of nitrogens with zero attached hydrogens (tertiary/aromatic N) is 2. The van der Waals surface area contributed by atoms with Gasteiger partial charge in [-0.25, -0.2) is 4.99 Å². The molecule has 4 nitrogen and oxygen atoms in total. The lowest BCUT2D eigenvalue weighted by atomic mass is 9.96. The summed E-state index contributed by atoms with van der Waals surface area (Å²) in [5.74, 6) is 0.712. The van der Waals surface area contributed by atoms with Crippen LogP contribution in [0.2, 0.25) is 0 Å². The molecule has 25 heavy (non-hydrogen) atoms. The summed E-state index contributed by atoms with van der Waals surface area (Å²) >= 11 is 0. The van der Waals surface area contributed by atoms with E-state index >= 15 is 0 Å². The molecule has 1 heterocycles. The van der Waals surface area contributed by atoms with Crippen LogP contribution >= 0.6 is 0 Å². The molecule has 1 unspecified atom stereocenters. The second kappa shape index (κ2) is 7.79. The number of para-hydroxylation sites is 2. The standard InChI is InChI=1S/C21H22N2O2/c1-3-4-14-20-22-18-13-9-8-12-17(18)19(15-21(24)25-2)23(20)16-10-6-5-7-11-16/h3,5-13,19H,1,4,14-15H2,2H3. The minimum atomic E-state index is -0.231. The van der Waals surface area contributed by atoms with Crippen LogP contribution in [0.25, 0.3) is 0 Å². The quantitative estimate of drug-likeness (QED) is 0.562. The van der Waals surface area contributed by atoms with Crippen LogP contribution in [0.15, 0.2) is 72.2 Å². The molecule has 0 saturated heterocycles. The summed E-state index contributed by atoms with van der Waals surface area (Å²) in [6, 6.07) is 17.9. The van der Waals surface area contributed by atoms with E-state index in [-0.39, 0.29) is 18.4 Å². The first-order valence-electron chi connectivity index (χ1n) is 8.43. The zero-order valence-electron chi connectivity index (χ0n) is 14.4. The Morgan fingerprint density at radius 1 is 1.20 bits per heavy atom. The summed E-state index contributed by atoms with van der Waals surface area (Å²) in [6.07, 6.45) is 3.76. The van der Waals surface area contributed by atoms with Crippen molar-refractivity contribution in [3.8, 4) is 0 Å². The van der Waals surface area contributed by atoms with E-state index in [0.29, 0.717) is 0 Å². The summed E-state index contributed by atoms with van der Waals surface area (Å²) in [5, 5.41) is 0. The number of carbonyl (C=O) groups is 1. The highest BCUT2D eigenvalue weighted by molar-refractivity contribution is 6.02. The van der Waals surface area contributed by atoms with E-state index in [1.807, 2.05) is 60.7 Å². The van der Waals surface area contributed by atoms with Gasteiger partial charge in [-0.15, -0.1) is 6.58 Å². The van der Waals surface area contributed by atoms with Gasteiger partial charge in [-0.3, -0.25) is 4.79 Å². The van der Waals surface area contributed by atoms with Crippen molar-refractivity contribution in [3.63, 3.8) is 0 Å². The van der Waals surface area contributed by atoms with Crippen molar-refractivity contribution in [1.82, 2.24) is 0 Å². The van der Waals surface area contributed by atoms with Gasteiger partial charge in [-0.1, -0.05) is 42.5 Å². The Labute approximate surface area is 148 Å². The number of methoxy groups -OCH3 is 1. The van der Waals surface area contributed by atoms with Crippen LogP contribution in [-0.4, -0.2) is 18.9 Å². The van der Waals surface area contributed by atoms with Crippen LogP contribution in [0, 0.1) is 0 Å². The first kappa shape index (κ1) is 17.0. The Kier molecular flexibility index (Phi) is 5.29. The molecular weight excluding hydrogens is 312 g/mol. The Balaban J connectivity index is 2.10. The number of fused-ring (bicyclic) bond motifs is 1. The van der Waals surface area contributed by atoms with Gasteiger partial charge in [-0.05, 0) is 24.6 Å². The van der Waals surface area contributed by atoms with Crippen molar-refractivity contribution in [2.24, 2.45) is 4.99 Å². The van der Waals surface area contributed by atoms with Gasteiger partial charge in [0.2, 0.25) is 0 Å². The van der Waals surface area contributed by atoms with Crippen molar-refractivity contribution >= 4 is 23.2 Å². The monoisotopic (exact) mass is 334 g/mol. The Morgan fingerprint density at radius 3 is 2.64 bits per heavy atom. The first-order chi connectivity index (χ1) is 12.2. The number of carbonyl (C=O) groups excluding carboxylic acids is 1. The highest BCUT2D eigenvalue weighted by atomic mass is 16.5. The molecule has 2 aromatic rings. The van der Waals surface area contributed by atoms with E-state index in [2.05, 4.69) is 11.5 Å². The number of amidine groups is 1. The van der Waals surface area contributed by atoms with E-state index in [4.69, 9.17) is 9.73 Å². The highest BCUT2D eigenvalue weighted by Gasteiger charge is 2.32. The van der Waals surface area contributed by atoms with Crippen LogP contribution < -0.4 is 4.90 Å². The Morgan fingerprint density at radius 2 is 1.92 bits per heavy atom. The predicted octanol–water partition coefficient (Wildman–Crippen LogP) is 4.81. The fourth-order valence-corrected chi connectivity index (χ4v) is 3.15. The molecule has 128 valence electrons. The third kappa shape index (κ3) is 3.63. The molecule has 0 aromatic heterocycles. The summed E-state index contributed by atoms with van der Waals surface area (Å²) in [4.78, 5) is 19.1. The van der Waals surface area contributed by atoms with Gasteiger partial charge in [0.15, 0.2) is 0 Å². The molecule has 0 saturated carbocycles. The van der Waals surface area contributed by atoms with E-state index in [9.17, 15) is 4.79 Å². The lowest BCUT2D eigenvalue weighted by Crippen LogP contribution is -2.38. The van der Waals surface area contributed by atoms with E-state index in [1.54, 1.807) is 0 Å². The molecule has 0 spiro atoms. The number of anilines is 1. The van der Waals surface area contributed by atoms with Crippen LogP contribution in [0.3, 0.4) is 0 Å². The number of allylic oxidation sites excluding steroid dienone is 1. The SMILES string of the molecule is C=CCCC1=Nc2ccccc2C(CC(=O)OC)N1c1ccccc1. The number of esters is 1. The van der Waals surface area contributed by atoms with Crippen molar-refractivity contribution in [3.05, 3.63) is 72.8 Å². The van der Waals surface area contributed by atoms with Gasteiger partial charge < -0.3 is 9.64 Å². The lowest BCUT2D eigenvalue weighted by molar-refractivity contribution is -0.141. The van der Waals surface area contributed by atoms with Crippen LogP contribution in [-0.2, 0) is 9.53 Å². The lowest BCUT2D eigenvalue weighted by Gasteiger charge is -2.38. The summed E-state index contributed by atoms with van der Waals surface area (Å²) in [5.41, 5.74) is 2.98. The molecule has 2 aromatic carbocycles. The molecule has 0 amide bonds. The molecule has 3 rings (SSSR count).